The van der Waals surface area contributed by atoms with Crippen molar-refractivity contribution in [3.05, 3.63) is 46.5 Å². The van der Waals surface area contributed by atoms with Crippen LogP contribution in [0.1, 0.15) is 105 Å². The molecule has 25 heteroatoms. The van der Waals surface area contributed by atoms with Crippen LogP contribution in [0.3, 0.4) is 0 Å². The minimum atomic E-state index is -1.89. The van der Waals surface area contributed by atoms with Crippen molar-refractivity contribution in [1.82, 2.24) is 20.4 Å². The molecule has 23 nitrogen and oxygen atoms in total. The molecule has 0 aliphatic carbocycles. The Morgan fingerprint density at radius 2 is 1.70 bits per heavy atom. The van der Waals surface area contributed by atoms with E-state index in [2.05, 4.69) is 10.6 Å². The van der Waals surface area contributed by atoms with Crippen LogP contribution in [0.5, 0.6) is 5.75 Å². The summed E-state index contributed by atoms with van der Waals surface area (Å²) in [5.41, 5.74) is -1.22. The lowest BCUT2D eigenvalue weighted by molar-refractivity contribution is -0.170. The summed E-state index contributed by atoms with van der Waals surface area (Å²) in [6.45, 7) is 12.6. The Morgan fingerprint density at radius 1 is 1.01 bits per heavy atom. The Hall–Kier alpha value is -5.18. The Morgan fingerprint density at radius 3 is 2.38 bits per heavy atom. The lowest BCUT2D eigenvalue weighted by atomic mass is 9.83. The van der Waals surface area contributed by atoms with Crippen molar-refractivity contribution in [3.8, 4) is 5.75 Å². The molecule has 4 heterocycles. The lowest BCUT2D eigenvalue weighted by Gasteiger charge is -2.42. The van der Waals surface area contributed by atoms with Gasteiger partial charge in [0.05, 0.1) is 43.8 Å². The monoisotopic (exact) mass is 1170 g/mol. The van der Waals surface area contributed by atoms with E-state index in [1.807, 2.05) is 26.8 Å². The van der Waals surface area contributed by atoms with Gasteiger partial charge in [-0.05, 0) is 51.3 Å². The summed E-state index contributed by atoms with van der Waals surface area (Å²) in [5, 5.41) is 16.5. The summed E-state index contributed by atoms with van der Waals surface area (Å²) in [4.78, 5) is 109. The topological polar surface area (TPSA) is 277 Å². The average molecular weight is 1170 g/mol. The molecular weight excluding hydrogens is 1090 g/mol. The molecule has 4 aliphatic heterocycles. The number of aliphatic hydroxyl groups is 1. The number of methoxy groups -OCH3 is 2. The highest BCUT2D eigenvalue weighted by Gasteiger charge is 2.64. The highest BCUT2D eigenvalue weighted by Crippen LogP contribution is 2.49. The predicted octanol–water partition coefficient (Wildman–Crippen LogP) is 4.75. The number of allylic oxidation sites excluding steroid dienone is 3. The second-order valence-electron chi connectivity index (χ2n) is 21.2. The van der Waals surface area contributed by atoms with Crippen LogP contribution in [0.4, 0.5) is 10.5 Å². The number of likely N-dealkylation sites (tertiary alicyclic amines) is 1. The number of hydrogen-bond donors (Lipinski definition) is 3. The van der Waals surface area contributed by atoms with Crippen LogP contribution < -0.4 is 20.3 Å². The Labute approximate surface area is 477 Å². The minimum absolute atomic E-state index is 0.0300. The fourth-order valence-corrected chi connectivity index (χ4v) is 11.3. The van der Waals surface area contributed by atoms with Crippen LogP contribution in [0.25, 0.3) is 0 Å². The third-order valence-electron chi connectivity index (χ3n) is 14.7. The van der Waals surface area contributed by atoms with Gasteiger partial charge in [0.1, 0.15) is 60.1 Å². The van der Waals surface area contributed by atoms with E-state index in [1.54, 1.807) is 52.1 Å². The summed E-state index contributed by atoms with van der Waals surface area (Å²) in [7, 11) is 5.87. The molecule has 0 saturated carbocycles. The molecule has 9 atom stereocenters. The molecule has 4 aliphatic rings. The van der Waals surface area contributed by atoms with Gasteiger partial charge >= 0.3 is 12.1 Å². The second kappa shape index (κ2) is 29.7. The first kappa shape index (κ1) is 65.6. The molecule has 80 heavy (non-hydrogen) atoms. The number of alkyl carbamates (subject to hydrolysis) is 1. The van der Waals surface area contributed by atoms with Gasteiger partial charge in [-0.3, -0.25) is 39.0 Å². The number of anilines is 1. The number of carbonyl (C=O) groups excluding carboxylic acids is 8. The van der Waals surface area contributed by atoms with Crippen LogP contribution in [0.2, 0.25) is 5.02 Å². The number of imide groups is 1. The highest BCUT2D eigenvalue weighted by molar-refractivity contribution is 8.02. The summed E-state index contributed by atoms with van der Waals surface area (Å²) < 4.78 is 49.6. The molecule has 0 aromatic heterocycles. The number of halogens is 1. The molecule has 0 radical (unpaired) electrons. The number of fused-ring (bicyclic) bond motifs is 5. The van der Waals surface area contributed by atoms with Crippen molar-refractivity contribution in [1.29, 1.82) is 0 Å². The molecule has 446 valence electrons. The number of nitrogens with zero attached hydrogens (tertiary/aromatic N) is 3. The maximum Gasteiger partial charge on any atom is 0.409 e. The maximum atomic E-state index is 14.4. The van der Waals surface area contributed by atoms with Crippen LogP contribution in [0, 0.1) is 5.92 Å². The molecule has 1 aromatic rings. The van der Waals surface area contributed by atoms with E-state index in [1.165, 1.54) is 49.8 Å². The number of ether oxygens (including phenoxy) is 9. The molecule has 5 rings (SSSR count). The average Bonchev–Trinajstić information content (AvgIpc) is 4.04. The van der Waals surface area contributed by atoms with Gasteiger partial charge in [-0.25, -0.2) is 9.59 Å². The first-order valence-electron chi connectivity index (χ1n) is 26.7. The highest BCUT2D eigenvalue weighted by atomic mass is 35.5. The van der Waals surface area contributed by atoms with Gasteiger partial charge in [-0.15, -0.1) is 11.8 Å². The lowest BCUT2D eigenvalue weighted by Crippen LogP contribution is -2.63. The Bertz CT molecular complexity index is 2460. The van der Waals surface area contributed by atoms with E-state index in [0.29, 0.717) is 30.7 Å². The number of epoxide rings is 1. The van der Waals surface area contributed by atoms with Crippen LogP contribution in [-0.4, -0.2) is 189 Å². The van der Waals surface area contributed by atoms with E-state index in [4.69, 9.17) is 54.2 Å². The number of benzene rings is 1. The van der Waals surface area contributed by atoms with Gasteiger partial charge in [0.25, 0.3) is 0 Å². The standard InChI is InChI=1S/C55H80ClN5O18S/c1-12-37(62)18-22-73-30-75-32-76-31-74-23-20-57-44(63)17-21-61-47(66)27-41(50(61)67)80-53(5,6)19-16-45(64)59(8)35(4)51(68)78-43-28-46(65)60(9)38-25-36(26-39(71-10)48(38)56)24-33(2)14-13-15-42(72-11)55(70)29-40(77-52(69)58-55)34(3)49-54(43,7)79-49/h13-15,25-26,34-35,40-43,49,70H,12,16-24,27-32H2,1-11H3,(H,57,63)(H,58,69)/b15-13+,33-14+/t34-,35-,40+,41?,42-,43+,49+,54+,55+/m1/s1. The van der Waals surface area contributed by atoms with Crippen molar-refractivity contribution in [2.45, 2.75) is 158 Å². The summed E-state index contributed by atoms with van der Waals surface area (Å²) in [6.07, 6.45) is 1.12. The molecule has 3 saturated heterocycles. The number of nitrogens with one attached hydrogen (secondary N) is 2. The van der Waals surface area contributed by atoms with Crippen LogP contribution in [0.15, 0.2) is 35.9 Å². The molecule has 6 amide bonds. The van der Waals surface area contributed by atoms with E-state index in [0.717, 1.165) is 16.0 Å². The third-order valence-corrected chi connectivity index (χ3v) is 16.6. The molecule has 3 fully saturated rings. The number of rotatable bonds is 26. The molecule has 0 spiro atoms. The quantitative estimate of drug-likeness (QED) is 0.0371. The first-order valence-corrected chi connectivity index (χ1v) is 28.0. The van der Waals surface area contributed by atoms with Crippen molar-refractivity contribution < 1.29 is 86.1 Å². The molecule has 1 unspecified atom stereocenters. The van der Waals surface area contributed by atoms with Gasteiger partial charge in [0.2, 0.25) is 29.5 Å². The van der Waals surface area contributed by atoms with Crippen molar-refractivity contribution in [2.24, 2.45) is 5.92 Å². The van der Waals surface area contributed by atoms with Crippen molar-refractivity contribution in [2.75, 3.05) is 79.9 Å². The minimum Gasteiger partial charge on any atom is -0.495 e. The van der Waals surface area contributed by atoms with E-state index >= 15 is 0 Å². The number of amides is 6. The van der Waals surface area contributed by atoms with Gasteiger partial charge in [0, 0.05) is 83.5 Å². The largest absolute Gasteiger partial charge is 0.495 e. The first-order chi connectivity index (χ1) is 37.8. The number of Topliss-reactive ketones (excluding diaryl/α,β-unsaturated/α-hetero) is 1. The zero-order valence-corrected chi connectivity index (χ0v) is 49.3. The number of likely N-dealkylation sites (N-methyl/N-ethyl adjacent to an activating group) is 1. The third kappa shape index (κ3) is 17.9. The summed E-state index contributed by atoms with van der Waals surface area (Å²) in [6, 6.07) is 2.38. The molecule has 4 bridgehead atoms. The van der Waals surface area contributed by atoms with Gasteiger partial charge in [0.15, 0.2) is 12.5 Å². The van der Waals surface area contributed by atoms with Crippen molar-refractivity contribution in [3.63, 3.8) is 0 Å². The fourth-order valence-electron chi connectivity index (χ4n) is 9.52. The van der Waals surface area contributed by atoms with E-state index in [-0.39, 0.29) is 95.5 Å². The number of esters is 1. The van der Waals surface area contributed by atoms with E-state index < -0.39 is 99.8 Å². The number of ketones is 1. The van der Waals surface area contributed by atoms with Crippen molar-refractivity contribution >= 4 is 76.4 Å². The summed E-state index contributed by atoms with van der Waals surface area (Å²) in [5.74, 6) is -3.14. The van der Waals surface area contributed by atoms with Gasteiger partial charge < -0.3 is 62.9 Å². The number of thioether (sulfide) groups is 1. The number of hydrogen-bond acceptors (Lipinski definition) is 19. The summed E-state index contributed by atoms with van der Waals surface area (Å²) >= 11 is 8.09. The van der Waals surface area contributed by atoms with Gasteiger partial charge in [-0.2, -0.15) is 0 Å². The maximum absolute atomic E-state index is 14.4. The Balaban J connectivity index is 1.17. The fraction of sp³-hybridized carbons (Fsp3) is 0.673. The normalized spacial score (nSPS) is 26.8. The molecular formula is C55H80ClN5O18S. The zero-order valence-electron chi connectivity index (χ0n) is 47.8. The van der Waals surface area contributed by atoms with Crippen LogP contribution >= 0.6 is 23.4 Å². The predicted molar refractivity (Wildman–Crippen MR) is 293 cm³/mol. The zero-order chi connectivity index (χ0) is 59.1. The van der Waals surface area contributed by atoms with Gasteiger partial charge in [-0.1, -0.05) is 63.1 Å². The van der Waals surface area contributed by atoms with Crippen LogP contribution in [-0.2, 0) is 77.9 Å². The number of carbonyl (C=O) groups is 8. The smallest absolute Gasteiger partial charge is 0.409 e. The van der Waals surface area contributed by atoms with E-state index in [9.17, 15) is 43.5 Å². The SMILES string of the molecule is CCC(=O)CCOCOCOCOCCNC(=O)CCN1C(=O)CC(SC(C)(C)CCC(=O)N(C)[C@H](C)C(=O)O[C@H]2CC(=O)N(C)c3cc(cc(OC)c3Cl)C/C(C)=C/C=C/[C@@H](OC)[C@@]3(O)C[C@H](OC(=O)N3)[C@@H](C)[C@@H]3O[C@@]23C)C1=O. The molecule has 3 N–H and O–H groups in total. The second-order valence-corrected chi connectivity index (χ2v) is 23.5. The Kier molecular flexibility index (Phi) is 24.4. The molecule has 1 aromatic carbocycles.